The van der Waals surface area contributed by atoms with Crippen LogP contribution < -0.4 is 15.2 Å². The Kier molecular flexibility index (Phi) is 6.35. The minimum absolute atomic E-state index is 0.0335. The van der Waals surface area contributed by atoms with Crippen molar-refractivity contribution in [3.05, 3.63) is 0 Å². The van der Waals surface area contributed by atoms with Crippen molar-refractivity contribution in [2.45, 2.75) is 31.7 Å². The van der Waals surface area contributed by atoms with Gasteiger partial charge in [0.1, 0.15) is 0 Å². The minimum Gasteiger partial charge on any atom is -0.383 e. The second-order valence-electron chi connectivity index (χ2n) is 4.40. The van der Waals surface area contributed by atoms with E-state index in [1.165, 1.54) is 7.11 Å². The summed E-state index contributed by atoms with van der Waals surface area (Å²) in [4.78, 5) is 0. The summed E-state index contributed by atoms with van der Waals surface area (Å²) in [5, 5.41) is 0. The van der Waals surface area contributed by atoms with E-state index in [9.17, 15) is 8.42 Å². The SMILES string of the molecule is COCCNS(=O)(=O)NC1CCCCC1CN. The highest BCUT2D eigenvalue weighted by atomic mass is 32.2. The van der Waals surface area contributed by atoms with Crippen LogP contribution in [0.25, 0.3) is 0 Å². The molecule has 0 spiro atoms. The first-order valence-corrected chi connectivity index (χ1v) is 7.53. The molecule has 6 nitrogen and oxygen atoms in total. The molecule has 102 valence electrons. The minimum atomic E-state index is -3.43. The summed E-state index contributed by atoms with van der Waals surface area (Å²) in [7, 11) is -1.90. The largest absolute Gasteiger partial charge is 0.383 e. The molecule has 4 N–H and O–H groups in total. The zero-order chi connectivity index (χ0) is 12.7. The van der Waals surface area contributed by atoms with Gasteiger partial charge in [0.05, 0.1) is 6.61 Å². The van der Waals surface area contributed by atoms with Crippen molar-refractivity contribution in [1.82, 2.24) is 9.44 Å². The Balaban J connectivity index is 2.44. The molecular weight excluding hydrogens is 242 g/mol. The number of rotatable bonds is 7. The number of hydrogen-bond donors (Lipinski definition) is 3. The maximum absolute atomic E-state index is 11.7. The van der Waals surface area contributed by atoms with Gasteiger partial charge in [-0.1, -0.05) is 12.8 Å². The summed E-state index contributed by atoms with van der Waals surface area (Å²) >= 11 is 0. The zero-order valence-corrected chi connectivity index (χ0v) is 11.1. The second-order valence-corrected chi connectivity index (χ2v) is 5.93. The van der Waals surface area contributed by atoms with Crippen molar-refractivity contribution >= 4 is 10.2 Å². The molecule has 0 aromatic heterocycles. The van der Waals surface area contributed by atoms with Gasteiger partial charge in [-0.25, -0.2) is 0 Å². The molecule has 0 bridgehead atoms. The lowest BCUT2D eigenvalue weighted by Gasteiger charge is -2.30. The van der Waals surface area contributed by atoms with E-state index in [0.29, 0.717) is 13.2 Å². The fourth-order valence-electron chi connectivity index (χ4n) is 2.16. The molecule has 7 heteroatoms. The van der Waals surface area contributed by atoms with Crippen molar-refractivity contribution in [2.24, 2.45) is 11.7 Å². The smallest absolute Gasteiger partial charge is 0.277 e. The topological polar surface area (TPSA) is 93.4 Å². The highest BCUT2D eigenvalue weighted by molar-refractivity contribution is 7.87. The van der Waals surface area contributed by atoms with Crippen LogP contribution in [0.2, 0.25) is 0 Å². The summed E-state index contributed by atoms with van der Waals surface area (Å²) < 4.78 is 33.4. The zero-order valence-electron chi connectivity index (χ0n) is 10.3. The third-order valence-electron chi connectivity index (χ3n) is 3.12. The first-order valence-electron chi connectivity index (χ1n) is 6.05. The van der Waals surface area contributed by atoms with E-state index >= 15 is 0 Å². The lowest BCUT2D eigenvalue weighted by molar-refractivity contribution is 0.204. The molecule has 1 rings (SSSR count). The van der Waals surface area contributed by atoms with Gasteiger partial charge in [-0.15, -0.1) is 0 Å². The van der Waals surface area contributed by atoms with Crippen LogP contribution >= 0.6 is 0 Å². The van der Waals surface area contributed by atoms with Crippen molar-refractivity contribution in [1.29, 1.82) is 0 Å². The first-order chi connectivity index (χ1) is 8.09. The molecule has 1 saturated carbocycles. The Morgan fingerprint density at radius 2 is 2.06 bits per heavy atom. The van der Waals surface area contributed by atoms with Gasteiger partial charge in [0.15, 0.2) is 0 Å². The fourth-order valence-corrected chi connectivity index (χ4v) is 3.31. The van der Waals surface area contributed by atoms with E-state index in [1.54, 1.807) is 0 Å². The Labute approximate surface area is 103 Å². The number of nitrogens with two attached hydrogens (primary N) is 1. The molecule has 0 radical (unpaired) electrons. The van der Waals surface area contributed by atoms with Crippen molar-refractivity contribution in [2.75, 3.05) is 26.8 Å². The monoisotopic (exact) mass is 265 g/mol. The fraction of sp³-hybridized carbons (Fsp3) is 1.00. The van der Waals surface area contributed by atoms with Gasteiger partial charge in [0.25, 0.3) is 10.2 Å². The lowest BCUT2D eigenvalue weighted by atomic mass is 9.85. The van der Waals surface area contributed by atoms with E-state index in [2.05, 4.69) is 9.44 Å². The van der Waals surface area contributed by atoms with E-state index in [1.807, 2.05) is 0 Å². The van der Waals surface area contributed by atoms with E-state index in [-0.39, 0.29) is 18.5 Å². The summed E-state index contributed by atoms with van der Waals surface area (Å²) in [6.07, 6.45) is 4.06. The molecule has 0 aromatic rings. The van der Waals surface area contributed by atoms with Crippen LogP contribution in [-0.2, 0) is 14.9 Å². The van der Waals surface area contributed by atoms with Crippen LogP contribution in [0, 0.1) is 5.92 Å². The standard InChI is InChI=1S/C10H23N3O3S/c1-16-7-6-12-17(14,15)13-10-5-3-2-4-9(10)8-11/h9-10,12-13H,2-8,11H2,1H3. The number of methoxy groups -OCH3 is 1. The Bertz CT molecular complexity index is 308. The molecule has 0 saturated heterocycles. The van der Waals surface area contributed by atoms with Gasteiger partial charge >= 0.3 is 0 Å². The Morgan fingerprint density at radius 1 is 1.35 bits per heavy atom. The molecule has 0 aliphatic heterocycles. The van der Waals surface area contributed by atoms with Crippen molar-refractivity contribution < 1.29 is 13.2 Å². The van der Waals surface area contributed by atoms with Gasteiger partial charge < -0.3 is 10.5 Å². The summed E-state index contributed by atoms with van der Waals surface area (Å²) in [6, 6.07) is -0.0335. The third kappa shape index (κ3) is 5.31. The molecule has 2 atom stereocenters. The highest BCUT2D eigenvalue weighted by Gasteiger charge is 2.27. The van der Waals surface area contributed by atoms with E-state index in [0.717, 1.165) is 25.7 Å². The predicted octanol–water partition coefficient (Wildman–Crippen LogP) is -0.426. The average molecular weight is 265 g/mol. The molecule has 1 aliphatic rings. The van der Waals surface area contributed by atoms with Gasteiger partial charge in [-0.3, -0.25) is 0 Å². The maximum Gasteiger partial charge on any atom is 0.277 e. The van der Waals surface area contributed by atoms with Crippen LogP contribution in [0.15, 0.2) is 0 Å². The lowest BCUT2D eigenvalue weighted by Crippen LogP contribution is -2.49. The molecule has 0 amide bonds. The van der Waals surface area contributed by atoms with E-state index in [4.69, 9.17) is 10.5 Å². The van der Waals surface area contributed by atoms with Gasteiger partial charge in [-0.2, -0.15) is 17.9 Å². The van der Waals surface area contributed by atoms with Gasteiger partial charge in [-0.05, 0) is 25.3 Å². The van der Waals surface area contributed by atoms with Gasteiger partial charge in [0.2, 0.25) is 0 Å². The highest BCUT2D eigenvalue weighted by Crippen LogP contribution is 2.23. The molecular formula is C10H23N3O3S. The van der Waals surface area contributed by atoms with Crippen LogP contribution in [0.1, 0.15) is 25.7 Å². The van der Waals surface area contributed by atoms with Crippen LogP contribution in [0.4, 0.5) is 0 Å². The molecule has 17 heavy (non-hydrogen) atoms. The first kappa shape index (κ1) is 14.8. The van der Waals surface area contributed by atoms with Crippen molar-refractivity contribution in [3.8, 4) is 0 Å². The Morgan fingerprint density at radius 3 is 2.71 bits per heavy atom. The summed E-state index contributed by atoms with van der Waals surface area (Å²) in [5.74, 6) is 0.253. The molecule has 1 fully saturated rings. The maximum atomic E-state index is 11.7. The van der Waals surface area contributed by atoms with Crippen LogP contribution in [-0.4, -0.2) is 41.3 Å². The van der Waals surface area contributed by atoms with E-state index < -0.39 is 10.2 Å². The Hall–Kier alpha value is -0.210. The molecule has 0 aromatic carbocycles. The normalized spacial score (nSPS) is 26.0. The van der Waals surface area contributed by atoms with Crippen molar-refractivity contribution in [3.63, 3.8) is 0 Å². The van der Waals surface area contributed by atoms with Crippen LogP contribution in [0.5, 0.6) is 0 Å². The number of ether oxygens (including phenoxy) is 1. The predicted molar refractivity (Wildman–Crippen MR) is 66.7 cm³/mol. The quantitative estimate of drug-likeness (QED) is 0.545. The molecule has 1 aliphatic carbocycles. The third-order valence-corrected chi connectivity index (χ3v) is 4.31. The second kappa shape index (κ2) is 7.27. The summed E-state index contributed by atoms with van der Waals surface area (Å²) in [5.41, 5.74) is 5.66. The number of hydrogen-bond acceptors (Lipinski definition) is 4. The van der Waals surface area contributed by atoms with Gasteiger partial charge in [0, 0.05) is 19.7 Å². The summed E-state index contributed by atoms with van der Waals surface area (Å²) in [6.45, 7) is 1.18. The average Bonchev–Trinajstić information content (AvgIpc) is 2.29. The van der Waals surface area contributed by atoms with Crippen LogP contribution in [0.3, 0.4) is 0 Å². The molecule has 2 unspecified atom stereocenters. The molecule has 0 heterocycles. The number of nitrogens with one attached hydrogen (secondary N) is 2.